The maximum atomic E-state index is 11.7. The topological polar surface area (TPSA) is 111 Å². The van der Waals surface area contributed by atoms with Crippen LogP contribution in [0.3, 0.4) is 0 Å². The van der Waals surface area contributed by atoms with Gasteiger partial charge in [0.15, 0.2) is 0 Å². The van der Waals surface area contributed by atoms with Crippen LogP contribution in [0.5, 0.6) is 11.5 Å². The molecule has 0 amide bonds. The second-order valence-corrected chi connectivity index (χ2v) is 6.48. The van der Waals surface area contributed by atoms with Crippen molar-refractivity contribution in [2.45, 2.75) is 20.3 Å². The number of hydrogen-bond donors (Lipinski definition) is 0. The number of aldehydes is 1. The van der Waals surface area contributed by atoms with Crippen molar-refractivity contribution in [2.75, 3.05) is 35.5 Å². The average molecular weight is 483 g/mol. The van der Waals surface area contributed by atoms with Crippen LogP contribution in [-0.2, 0) is 19.1 Å². The molecule has 0 spiro atoms. The Morgan fingerprint density at radius 1 is 0.824 bits per heavy atom. The van der Waals surface area contributed by atoms with Crippen molar-refractivity contribution in [2.24, 2.45) is 0 Å². The van der Waals surface area contributed by atoms with Gasteiger partial charge in [-0.3, -0.25) is 9.59 Å². The minimum absolute atomic E-state index is 0. The van der Waals surface area contributed by atoms with E-state index in [0.717, 1.165) is 41.6 Å². The fourth-order valence-electron chi connectivity index (χ4n) is 2.57. The molecule has 9 heteroatoms. The fraction of sp³-hybridized carbons (Fsp3) is 0.320. The van der Waals surface area contributed by atoms with Gasteiger partial charge in [-0.15, -0.1) is 0 Å². The summed E-state index contributed by atoms with van der Waals surface area (Å²) >= 11 is 0. The Morgan fingerprint density at radius 2 is 1.29 bits per heavy atom. The molecule has 0 aromatic heterocycles. The van der Waals surface area contributed by atoms with Crippen LogP contribution < -0.4 is 44.1 Å². The smallest absolute Gasteiger partial charge is 0.857 e. The van der Waals surface area contributed by atoms with Gasteiger partial charge >= 0.3 is 41.5 Å². The van der Waals surface area contributed by atoms with Gasteiger partial charge < -0.3 is 24.1 Å². The van der Waals surface area contributed by atoms with E-state index >= 15 is 0 Å². The van der Waals surface area contributed by atoms with Gasteiger partial charge in [0.2, 0.25) is 0 Å². The SMILES string of the molecule is COC(=O)CC(=Cc1ccc(OC)cc1C)C(=O)OC.COc1ccc(C=O)c(C)c1.C[O-].[Na+]. The first kappa shape index (κ1) is 33.5. The van der Waals surface area contributed by atoms with Gasteiger partial charge in [-0.05, 0) is 66.9 Å². The van der Waals surface area contributed by atoms with Crippen LogP contribution in [0.4, 0.5) is 0 Å². The third-order valence-corrected chi connectivity index (χ3v) is 4.42. The number of esters is 2. The summed E-state index contributed by atoms with van der Waals surface area (Å²) in [5.41, 5.74) is 3.64. The van der Waals surface area contributed by atoms with Crippen molar-refractivity contribution in [3.8, 4) is 11.5 Å². The number of ether oxygens (including phenoxy) is 4. The average Bonchev–Trinajstić information content (AvgIpc) is 2.85. The van der Waals surface area contributed by atoms with Gasteiger partial charge in [0.05, 0.1) is 34.9 Å². The monoisotopic (exact) mass is 482 g/mol. The summed E-state index contributed by atoms with van der Waals surface area (Å²) in [5.74, 6) is 0.471. The van der Waals surface area contributed by atoms with Crippen LogP contribution in [0.25, 0.3) is 6.08 Å². The molecule has 0 saturated heterocycles. The zero-order chi connectivity index (χ0) is 25.4. The van der Waals surface area contributed by atoms with Gasteiger partial charge in [0, 0.05) is 11.1 Å². The second-order valence-electron chi connectivity index (χ2n) is 6.48. The van der Waals surface area contributed by atoms with Crippen LogP contribution in [0.15, 0.2) is 42.0 Å². The predicted molar refractivity (Wildman–Crippen MR) is 123 cm³/mol. The molecule has 2 aromatic carbocycles. The van der Waals surface area contributed by atoms with E-state index in [1.165, 1.54) is 14.2 Å². The minimum atomic E-state index is -0.550. The molecule has 2 aromatic rings. The molecule has 0 atom stereocenters. The van der Waals surface area contributed by atoms with Crippen LogP contribution in [0, 0.1) is 13.8 Å². The molecule has 0 aliphatic carbocycles. The number of methoxy groups -OCH3 is 4. The zero-order valence-electron chi connectivity index (χ0n) is 21.1. The first-order valence-corrected chi connectivity index (χ1v) is 9.80. The van der Waals surface area contributed by atoms with Crippen LogP contribution in [0.1, 0.15) is 33.5 Å². The maximum Gasteiger partial charge on any atom is 1.00 e. The molecule has 180 valence electrons. The number of aryl methyl sites for hydroxylation is 2. The standard InChI is InChI=1S/C15H18O5.C9H10O2.CH3O.Na/c1-10-7-13(18-2)6-5-11(10)8-12(15(17)20-4)9-14(16)19-3;1-7-5-9(11-2)4-3-8(7)6-10;1-2;/h5-8H,9H2,1-4H3;3-6H,1-2H3;1H3;/q;;-1;+1. The van der Waals surface area contributed by atoms with Crippen molar-refractivity contribution in [1.82, 2.24) is 0 Å². The third-order valence-electron chi connectivity index (χ3n) is 4.42. The Hall–Kier alpha value is -2.65. The summed E-state index contributed by atoms with van der Waals surface area (Å²) in [6.07, 6.45) is 2.33. The Kier molecular flexibility index (Phi) is 18.5. The molecule has 0 radical (unpaired) electrons. The molecule has 8 nitrogen and oxygen atoms in total. The predicted octanol–water partition coefficient (Wildman–Crippen LogP) is -0.0803. The van der Waals surface area contributed by atoms with E-state index in [4.69, 9.17) is 14.6 Å². The van der Waals surface area contributed by atoms with E-state index < -0.39 is 11.9 Å². The first-order chi connectivity index (χ1) is 15.8. The molecule has 0 heterocycles. The van der Waals surface area contributed by atoms with Crippen molar-refractivity contribution in [3.05, 3.63) is 64.2 Å². The quantitative estimate of drug-likeness (QED) is 0.233. The molecule has 0 N–H and O–H groups in total. The molecule has 34 heavy (non-hydrogen) atoms. The second kappa shape index (κ2) is 18.7. The van der Waals surface area contributed by atoms with Crippen LogP contribution >= 0.6 is 0 Å². The third kappa shape index (κ3) is 11.5. The number of carbonyl (C=O) groups is 3. The van der Waals surface area contributed by atoms with E-state index in [-0.39, 0.29) is 41.6 Å². The molecular formula is C25H31NaO8. The van der Waals surface area contributed by atoms with Crippen LogP contribution in [-0.4, -0.2) is 53.8 Å². The Labute approximate surface area is 223 Å². The summed E-state index contributed by atoms with van der Waals surface area (Å²) < 4.78 is 19.3. The van der Waals surface area contributed by atoms with Crippen molar-refractivity contribution in [1.29, 1.82) is 0 Å². The summed E-state index contributed by atoms with van der Waals surface area (Å²) in [4.78, 5) is 33.4. The molecule has 0 unspecified atom stereocenters. The molecule has 0 bridgehead atoms. The largest absolute Gasteiger partial charge is 1.00 e. The zero-order valence-corrected chi connectivity index (χ0v) is 23.1. The van der Waals surface area contributed by atoms with E-state index in [1.807, 2.05) is 32.0 Å². The van der Waals surface area contributed by atoms with Gasteiger partial charge in [-0.2, -0.15) is 7.11 Å². The Bertz CT molecular complexity index is 954. The number of carbonyl (C=O) groups excluding carboxylic acids is 3. The molecule has 0 saturated carbocycles. The van der Waals surface area contributed by atoms with E-state index in [2.05, 4.69) is 9.47 Å². The number of benzene rings is 2. The Balaban J connectivity index is 0. The Morgan fingerprint density at radius 3 is 1.65 bits per heavy atom. The molecule has 0 aliphatic heterocycles. The van der Waals surface area contributed by atoms with Crippen molar-refractivity contribution >= 4 is 24.3 Å². The number of hydrogen-bond acceptors (Lipinski definition) is 8. The van der Waals surface area contributed by atoms with Crippen LogP contribution in [0.2, 0.25) is 0 Å². The summed E-state index contributed by atoms with van der Waals surface area (Å²) in [5, 5.41) is 8.25. The van der Waals surface area contributed by atoms with Crippen molar-refractivity contribution < 1.29 is 68.0 Å². The molecular weight excluding hydrogens is 451 g/mol. The summed E-state index contributed by atoms with van der Waals surface area (Å²) in [7, 11) is 6.49. The van der Waals surface area contributed by atoms with E-state index in [0.29, 0.717) is 5.56 Å². The van der Waals surface area contributed by atoms with Gasteiger partial charge in [-0.1, -0.05) is 6.07 Å². The molecule has 0 fully saturated rings. The van der Waals surface area contributed by atoms with Gasteiger partial charge in [0.1, 0.15) is 17.8 Å². The first-order valence-electron chi connectivity index (χ1n) is 9.80. The maximum absolute atomic E-state index is 11.7. The minimum Gasteiger partial charge on any atom is -0.857 e. The van der Waals surface area contributed by atoms with E-state index in [9.17, 15) is 14.4 Å². The van der Waals surface area contributed by atoms with E-state index in [1.54, 1.807) is 38.5 Å². The molecule has 0 aliphatic rings. The summed E-state index contributed by atoms with van der Waals surface area (Å²) in [6.45, 7) is 3.77. The number of rotatable bonds is 7. The fourth-order valence-corrected chi connectivity index (χ4v) is 2.57. The van der Waals surface area contributed by atoms with Gasteiger partial charge in [-0.25, -0.2) is 4.79 Å². The summed E-state index contributed by atoms with van der Waals surface area (Å²) in [6, 6.07) is 10.8. The normalized spacial score (nSPS) is 9.59. The van der Waals surface area contributed by atoms with Gasteiger partial charge in [0.25, 0.3) is 0 Å². The molecule has 2 rings (SSSR count). The van der Waals surface area contributed by atoms with Crippen molar-refractivity contribution in [3.63, 3.8) is 0 Å².